The van der Waals surface area contributed by atoms with E-state index in [0.29, 0.717) is 18.1 Å². The van der Waals surface area contributed by atoms with Crippen molar-refractivity contribution >= 4 is 23.2 Å². The van der Waals surface area contributed by atoms with Crippen LogP contribution < -0.4 is 5.32 Å². The quantitative estimate of drug-likeness (QED) is 0.912. The molecule has 104 valence electrons. The van der Waals surface area contributed by atoms with Crippen LogP contribution in [0.5, 0.6) is 0 Å². The van der Waals surface area contributed by atoms with Crippen LogP contribution in [-0.4, -0.2) is 13.0 Å². The van der Waals surface area contributed by atoms with Crippen LogP contribution in [0.3, 0.4) is 0 Å². The number of carbonyl (C=O) groups excluding carboxylic acids is 1. The number of ether oxygens (including phenoxy) is 1. The van der Waals surface area contributed by atoms with E-state index in [-0.39, 0.29) is 5.91 Å². The van der Waals surface area contributed by atoms with E-state index in [1.54, 1.807) is 19.2 Å². The van der Waals surface area contributed by atoms with Crippen molar-refractivity contribution in [2.75, 3.05) is 12.4 Å². The molecule has 1 N–H and O–H groups in total. The van der Waals surface area contributed by atoms with Crippen LogP contribution in [0.1, 0.15) is 11.1 Å². The molecule has 0 aliphatic heterocycles. The van der Waals surface area contributed by atoms with Crippen molar-refractivity contribution in [3.63, 3.8) is 0 Å². The lowest BCUT2D eigenvalue weighted by atomic mass is 10.1. The van der Waals surface area contributed by atoms with Gasteiger partial charge in [0.2, 0.25) is 5.91 Å². The highest BCUT2D eigenvalue weighted by molar-refractivity contribution is 6.30. The molecule has 0 spiro atoms. The Morgan fingerprint density at radius 3 is 2.55 bits per heavy atom. The second kappa shape index (κ2) is 7.08. The highest BCUT2D eigenvalue weighted by atomic mass is 35.5. The topological polar surface area (TPSA) is 38.3 Å². The van der Waals surface area contributed by atoms with Gasteiger partial charge in [0.1, 0.15) is 0 Å². The van der Waals surface area contributed by atoms with E-state index in [4.69, 9.17) is 16.3 Å². The third-order valence-electron chi connectivity index (χ3n) is 2.87. The minimum atomic E-state index is -0.0594. The van der Waals surface area contributed by atoms with Gasteiger partial charge in [-0.15, -0.1) is 0 Å². The summed E-state index contributed by atoms with van der Waals surface area (Å²) in [5.41, 5.74) is 2.67. The highest BCUT2D eigenvalue weighted by Crippen LogP contribution is 2.16. The molecular formula is C16H16ClNO2. The molecule has 0 unspecified atom stereocenters. The first-order valence-corrected chi connectivity index (χ1v) is 6.68. The molecule has 0 fully saturated rings. The largest absolute Gasteiger partial charge is 0.380 e. The maximum absolute atomic E-state index is 12.0. The fraction of sp³-hybridized carbons (Fsp3) is 0.188. The summed E-state index contributed by atoms with van der Waals surface area (Å²) in [6, 6.07) is 14.9. The number of halogens is 1. The van der Waals surface area contributed by atoms with Gasteiger partial charge in [0.15, 0.2) is 0 Å². The zero-order chi connectivity index (χ0) is 14.4. The first-order chi connectivity index (χ1) is 9.69. The fourth-order valence-electron chi connectivity index (χ4n) is 1.91. The molecule has 0 heterocycles. The van der Waals surface area contributed by atoms with Crippen LogP contribution in [0.2, 0.25) is 5.02 Å². The van der Waals surface area contributed by atoms with Gasteiger partial charge in [-0.3, -0.25) is 4.79 Å². The number of nitrogens with one attached hydrogen (secondary N) is 1. The van der Waals surface area contributed by atoms with Crippen LogP contribution >= 0.6 is 11.6 Å². The summed E-state index contributed by atoms with van der Waals surface area (Å²) < 4.78 is 5.12. The smallest absolute Gasteiger partial charge is 0.228 e. The summed E-state index contributed by atoms with van der Waals surface area (Å²) in [7, 11) is 1.63. The molecule has 4 heteroatoms. The number of anilines is 1. The van der Waals surface area contributed by atoms with Crippen LogP contribution in [-0.2, 0) is 22.6 Å². The molecule has 2 aromatic rings. The number of rotatable bonds is 5. The van der Waals surface area contributed by atoms with Crippen molar-refractivity contribution in [1.29, 1.82) is 0 Å². The number of hydrogen-bond acceptors (Lipinski definition) is 2. The zero-order valence-corrected chi connectivity index (χ0v) is 12.0. The molecule has 0 radical (unpaired) electrons. The monoisotopic (exact) mass is 289 g/mol. The first-order valence-electron chi connectivity index (χ1n) is 6.30. The Labute approximate surface area is 123 Å². The first kappa shape index (κ1) is 14.6. The summed E-state index contributed by atoms with van der Waals surface area (Å²) in [5, 5.41) is 3.57. The molecule has 0 saturated heterocycles. The summed E-state index contributed by atoms with van der Waals surface area (Å²) >= 11 is 5.82. The van der Waals surface area contributed by atoms with Gasteiger partial charge in [-0.1, -0.05) is 41.9 Å². The van der Waals surface area contributed by atoms with E-state index >= 15 is 0 Å². The molecule has 2 aromatic carbocycles. The Kier molecular flexibility index (Phi) is 5.16. The Bertz CT molecular complexity index is 581. The van der Waals surface area contributed by atoms with Gasteiger partial charge < -0.3 is 10.1 Å². The molecule has 0 aliphatic rings. The summed E-state index contributed by atoms with van der Waals surface area (Å²) in [6.07, 6.45) is 0.318. The summed E-state index contributed by atoms with van der Waals surface area (Å²) in [5.74, 6) is -0.0594. The molecule has 0 aliphatic carbocycles. The van der Waals surface area contributed by atoms with Gasteiger partial charge in [-0.25, -0.2) is 0 Å². The second-order valence-corrected chi connectivity index (χ2v) is 4.88. The van der Waals surface area contributed by atoms with Crippen molar-refractivity contribution in [2.24, 2.45) is 0 Å². The standard InChI is InChI=1S/C16H16ClNO2/c1-20-11-13-4-2-3-5-15(13)18-16(19)10-12-6-8-14(17)9-7-12/h2-9H,10-11H2,1H3,(H,18,19). The van der Waals surface area contributed by atoms with Gasteiger partial charge in [0.25, 0.3) is 0 Å². The normalized spacial score (nSPS) is 10.3. The number of amides is 1. The predicted molar refractivity (Wildman–Crippen MR) is 80.9 cm³/mol. The van der Waals surface area contributed by atoms with E-state index in [1.807, 2.05) is 36.4 Å². The van der Waals surface area contributed by atoms with Crippen molar-refractivity contribution in [1.82, 2.24) is 0 Å². The van der Waals surface area contributed by atoms with Crippen molar-refractivity contribution in [2.45, 2.75) is 13.0 Å². The number of methoxy groups -OCH3 is 1. The maximum Gasteiger partial charge on any atom is 0.228 e. The van der Waals surface area contributed by atoms with E-state index < -0.39 is 0 Å². The van der Waals surface area contributed by atoms with Crippen LogP contribution in [0.15, 0.2) is 48.5 Å². The van der Waals surface area contributed by atoms with Crippen LogP contribution in [0.25, 0.3) is 0 Å². The van der Waals surface area contributed by atoms with E-state index in [0.717, 1.165) is 16.8 Å². The molecule has 20 heavy (non-hydrogen) atoms. The lowest BCUT2D eigenvalue weighted by Gasteiger charge is -2.10. The second-order valence-electron chi connectivity index (χ2n) is 4.44. The molecule has 1 amide bonds. The molecule has 0 atom stereocenters. The van der Waals surface area contributed by atoms with Crippen molar-refractivity contribution in [3.05, 3.63) is 64.7 Å². The van der Waals surface area contributed by atoms with Gasteiger partial charge in [-0.05, 0) is 23.8 Å². The summed E-state index contributed by atoms with van der Waals surface area (Å²) in [4.78, 5) is 12.0. The number of para-hydroxylation sites is 1. The maximum atomic E-state index is 12.0. The lowest BCUT2D eigenvalue weighted by molar-refractivity contribution is -0.115. The Morgan fingerprint density at radius 2 is 1.85 bits per heavy atom. The predicted octanol–water partition coefficient (Wildman–Crippen LogP) is 3.67. The Hall–Kier alpha value is -1.84. The molecule has 0 bridgehead atoms. The zero-order valence-electron chi connectivity index (χ0n) is 11.2. The molecule has 0 aromatic heterocycles. The molecule has 3 nitrogen and oxygen atoms in total. The van der Waals surface area contributed by atoms with Gasteiger partial charge >= 0.3 is 0 Å². The van der Waals surface area contributed by atoms with Crippen LogP contribution in [0, 0.1) is 0 Å². The van der Waals surface area contributed by atoms with Crippen molar-refractivity contribution < 1.29 is 9.53 Å². The molecule has 0 saturated carbocycles. The Morgan fingerprint density at radius 1 is 1.15 bits per heavy atom. The average molecular weight is 290 g/mol. The van der Waals surface area contributed by atoms with Crippen molar-refractivity contribution in [3.8, 4) is 0 Å². The SMILES string of the molecule is COCc1ccccc1NC(=O)Cc1ccc(Cl)cc1. The lowest BCUT2D eigenvalue weighted by Crippen LogP contribution is -2.15. The molecular weight excluding hydrogens is 274 g/mol. The van der Waals surface area contributed by atoms with Gasteiger partial charge in [0.05, 0.1) is 13.0 Å². The van der Waals surface area contributed by atoms with Gasteiger partial charge in [-0.2, -0.15) is 0 Å². The number of carbonyl (C=O) groups is 1. The highest BCUT2D eigenvalue weighted by Gasteiger charge is 2.07. The minimum Gasteiger partial charge on any atom is -0.380 e. The minimum absolute atomic E-state index is 0.0594. The molecule has 2 rings (SSSR count). The van der Waals surface area contributed by atoms with Gasteiger partial charge in [0, 0.05) is 23.4 Å². The summed E-state index contributed by atoms with van der Waals surface area (Å²) in [6.45, 7) is 0.470. The fourth-order valence-corrected chi connectivity index (χ4v) is 2.03. The number of benzene rings is 2. The third kappa shape index (κ3) is 4.08. The van der Waals surface area contributed by atoms with E-state index in [9.17, 15) is 4.79 Å². The number of hydrogen-bond donors (Lipinski definition) is 1. The van der Waals surface area contributed by atoms with E-state index in [1.165, 1.54) is 0 Å². The van der Waals surface area contributed by atoms with Crippen LogP contribution in [0.4, 0.5) is 5.69 Å². The Balaban J connectivity index is 2.02. The third-order valence-corrected chi connectivity index (χ3v) is 3.12. The average Bonchev–Trinajstić information content (AvgIpc) is 2.44. The van der Waals surface area contributed by atoms with E-state index in [2.05, 4.69) is 5.32 Å².